The lowest BCUT2D eigenvalue weighted by atomic mass is 10.4. The second-order valence-corrected chi connectivity index (χ2v) is 3.56. The molecule has 0 aromatic carbocycles. The van der Waals surface area contributed by atoms with Crippen molar-refractivity contribution in [3.05, 3.63) is 34.4 Å². The summed E-state index contributed by atoms with van der Waals surface area (Å²) in [6.45, 7) is 4.80. The van der Waals surface area contributed by atoms with Crippen molar-refractivity contribution in [2.24, 2.45) is 0 Å². The summed E-state index contributed by atoms with van der Waals surface area (Å²) in [5, 5.41) is 2.71. The molecule has 0 spiro atoms. The Morgan fingerprint density at radius 1 is 1.47 bits per heavy atom. The number of carbonyl (C=O) groups excluding carboxylic acids is 1. The average Bonchev–Trinajstić information content (AvgIpc) is 2.69. The fourth-order valence-corrected chi connectivity index (χ4v) is 1.81. The minimum absolute atomic E-state index is 0.188. The first kappa shape index (κ1) is 11.4. The normalized spacial score (nSPS) is 10.7. The summed E-state index contributed by atoms with van der Waals surface area (Å²) in [6.07, 6.45) is 1.44. The van der Waals surface area contributed by atoms with Gasteiger partial charge in [-0.15, -0.1) is 0 Å². The van der Waals surface area contributed by atoms with Crippen LogP contribution < -0.4 is 10.9 Å². The zero-order valence-corrected chi connectivity index (χ0v) is 9.80. The highest BCUT2D eigenvalue weighted by atomic mass is 16.2. The number of nitrogens with zero attached hydrogens (tertiary/aromatic N) is 3. The van der Waals surface area contributed by atoms with E-state index in [0.717, 1.165) is 0 Å². The SMILES string of the molecule is CCNC(=O)c1cc2nccc(=O)n2n1CC. The minimum atomic E-state index is -0.195. The number of aromatic nitrogens is 3. The maximum absolute atomic E-state index is 11.8. The molecule has 0 atom stereocenters. The van der Waals surface area contributed by atoms with Crippen LogP contribution in [0.15, 0.2) is 23.1 Å². The Kier molecular flexibility index (Phi) is 2.95. The second-order valence-electron chi connectivity index (χ2n) is 3.56. The molecule has 90 valence electrons. The maximum atomic E-state index is 11.8. The van der Waals surface area contributed by atoms with E-state index < -0.39 is 0 Å². The fraction of sp³-hybridized carbons (Fsp3) is 0.364. The Balaban J connectivity index is 2.69. The Morgan fingerprint density at radius 2 is 2.24 bits per heavy atom. The van der Waals surface area contributed by atoms with E-state index >= 15 is 0 Å². The van der Waals surface area contributed by atoms with E-state index in [1.54, 1.807) is 10.7 Å². The molecule has 0 unspecified atom stereocenters. The van der Waals surface area contributed by atoms with Gasteiger partial charge in [0.05, 0.1) is 0 Å². The van der Waals surface area contributed by atoms with Crippen LogP contribution in [0.4, 0.5) is 0 Å². The van der Waals surface area contributed by atoms with Gasteiger partial charge in [0.1, 0.15) is 5.69 Å². The van der Waals surface area contributed by atoms with Crippen LogP contribution in [0.25, 0.3) is 5.65 Å². The highest BCUT2D eigenvalue weighted by Gasteiger charge is 2.15. The van der Waals surface area contributed by atoms with E-state index in [4.69, 9.17) is 0 Å². The molecule has 1 N–H and O–H groups in total. The first-order valence-electron chi connectivity index (χ1n) is 5.54. The third-order valence-corrected chi connectivity index (χ3v) is 2.50. The van der Waals surface area contributed by atoms with Crippen LogP contribution in [0.3, 0.4) is 0 Å². The monoisotopic (exact) mass is 234 g/mol. The number of rotatable bonds is 3. The van der Waals surface area contributed by atoms with Gasteiger partial charge in [0.25, 0.3) is 11.5 Å². The van der Waals surface area contributed by atoms with E-state index in [1.807, 2.05) is 13.8 Å². The van der Waals surface area contributed by atoms with Gasteiger partial charge in [-0.05, 0) is 13.8 Å². The van der Waals surface area contributed by atoms with Crippen molar-refractivity contribution in [1.29, 1.82) is 0 Å². The summed E-state index contributed by atoms with van der Waals surface area (Å²) in [7, 11) is 0. The van der Waals surface area contributed by atoms with Gasteiger partial charge in [-0.25, -0.2) is 4.98 Å². The third-order valence-electron chi connectivity index (χ3n) is 2.50. The smallest absolute Gasteiger partial charge is 0.272 e. The Labute approximate surface area is 97.9 Å². The molecule has 17 heavy (non-hydrogen) atoms. The molecule has 6 nitrogen and oxygen atoms in total. The lowest BCUT2D eigenvalue weighted by Crippen LogP contribution is -2.28. The Morgan fingerprint density at radius 3 is 2.88 bits per heavy atom. The minimum Gasteiger partial charge on any atom is -0.351 e. The second kappa shape index (κ2) is 4.40. The predicted octanol–water partition coefficient (Wildman–Crippen LogP) is 0.266. The van der Waals surface area contributed by atoms with Crippen molar-refractivity contribution in [3.8, 4) is 0 Å². The van der Waals surface area contributed by atoms with E-state index in [-0.39, 0.29) is 11.5 Å². The number of aryl methyl sites for hydroxylation is 1. The summed E-state index contributed by atoms with van der Waals surface area (Å²) >= 11 is 0. The quantitative estimate of drug-likeness (QED) is 0.828. The summed E-state index contributed by atoms with van der Waals surface area (Å²) in [6, 6.07) is 3.00. The topological polar surface area (TPSA) is 68.4 Å². The number of carbonyl (C=O) groups is 1. The summed E-state index contributed by atoms with van der Waals surface area (Å²) in [5.74, 6) is -0.195. The van der Waals surface area contributed by atoms with Gasteiger partial charge in [0.2, 0.25) is 0 Å². The van der Waals surface area contributed by atoms with Crippen LogP contribution in [-0.4, -0.2) is 26.6 Å². The highest BCUT2D eigenvalue weighted by Crippen LogP contribution is 2.06. The van der Waals surface area contributed by atoms with Gasteiger partial charge < -0.3 is 5.32 Å². The molecule has 6 heteroatoms. The van der Waals surface area contributed by atoms with Crippen LogP contribution in [0, 0.1) is 0 Å². The van der Waals surface area contributed by atoms with Crippen molar-refractivity contribution in [3.63, 3.8) is 0 Å². The van der Waals surface area contributed by atoms with Crippen molar-refractivity contribution in [2.45, 2.75) is 20.4 Å². The molecule has 2 aromatic heterocycles. The van der Waals surface area contributed by atoms with Gasteiger partial charge in [0, 0.05) is 31.4 Å². The summed E-state index contributed by atoms with van der Waals surface area (Å²) < 4.78 is 3.03. The lowest BCUT2D eigenvalue weighted by Gasteiger charge is -2.07. The predicted molar refractivity (Wildman–Crippen MR) is 63.1 cm³/mol. The van der Waals surface area contributed by atoms with Crippen molar-refractivity contribution in [2.75, 3.05) is 6.54 Å². The molecule has 0 aliphatic rings. The molecule has 0 aliphatic carbocycles. The van der Waals surface area contributed by atoms with Crippen LogP contribution in [0.1, 0.15) is 24.3 Å². The Hall–Kier alpha value is -2.11. The largest absolute Gasteiger partial charge is 0.351 e. The molecule has 0 fully saturated rings. The molecule has 0 radical (unpaired) electrons. The first-order valence-corrected chi connectivity index (χ1v) is 5.54. The maximum Gasteiger partial charge on any atom is 0.272 e. The molecular weight excluding hydrogens is 220 g/mol. The molecule has 0 bridgehead atoms. The van der Waals surface area contributed by atoms with Crippen LogP contribution in [-0.2, 0) is 6.54 Å². The number of amides is 1. The molecule has 1 amide bonds. The van der Waals surface area contributed by atoms with Crippen molar-refractivity contribution >= 4 is 11.6 Å². The van der Waals surface area contributed by atoms with E-state index in [1.165, 1.54) is 16.8 Å². The molecule has 0 saturated carbocycles. The van der Waals surface area contributed by atoms with Crippen LogP contribution in [0.2, 0.25) is 0 Å². The van der Waals surface area contributed by atoms with Gasteiger partial charge in [-0.2, -0.15) is 4.52 Å². The van der Waals surface area contributed by atoms with Crippen LogP contribution >= 0.6 is 0 Å². The van der Waals surface area contributed by atoms with Gasteiger partial charge in [-0.3, -0.25) is 14.3 Å². The van der Waals surface area contributed by atoms with Gasteiger partial charge in [-0.1, -0.05) is 0 Å². The number of hydrogen-bond acceptors (Lipinski definition) is 3. The first-order chi connectivity index (χ1) is 8.19. The fourth-order valence-electron chi connectivity index (χ4n) is 1.81. The lowest BCUT2D eigenvalue weighted by molar-refractivity contribution is 0.0944. The zero-order chi connectivity index (χ0) is 12.4. The highest BCUT2D eigenvalue weighted by molar-refractivity contribution is 5.93. The van der Waals surface area contributed by atoms with Gasteiger partial charge >= 0.3 is 0 Å². The summed E-state index contributed by atoms with van der Waals surface area (Å²) in [4.78, 5) is 27.6. The third kappa shape index (κ3) is 1.82. The molecule has 0 saturated heterocycles. The number of hydrogen-bond donors (Lipinski definition) is 1. The number of nitrogens with one attached hydrogen (secondary N) is 1. The summed E-state index contributed by atoms with van der Waals surface area (Å²) in [5.41, 5.74) is 0.748. The zero-order valence-electron chi connectivity index (χ0n) is 9.80. The van der Waals surface area contributed by atoms with E-state index in [0.29, 0.717) is 24.4 Å². The van der Waals surface area contributed by atoms with E-state index in [2.05, 4.69) is 10.3 Å². The molecule has 0 aliphatic heterocycles. The molecule has 2 heterocycles. The average molecular weight is 234 g/mol. The standard InChI is InChI=1S/C11H14N4O2/c1-3-12-11(17)8-7-9-13-6-5-10(16)15(9)14(8)4-2/h5-7H,3-4H2,1-2H3,(H,12,17). The van der Waals surface area contributed by atoms with Crippen molar-refractivity contribution < 1.29 is 4.79 Å². The van der Waals surface area contributed by atoms with Crippen molar-refractivity contribution in [1.82, 2.24) is 19.5 Å². The van der Waals surface area contributed by atoms with Crippen LogP contribution in [0.5, 0.6) is 0 Å². The molecule has 2 aromatic rings. The Bertz CT molecular complexity index is 611. The molecule has 2 rings (SSSR count). The van der Waals surface area contributed by atoms with E-state index in [9.17, 15) is 9.59 Å². The number of fused-ring (bicyclic) bond motifs is 1. The van der Waals surface area contributed by atoms with Gasteiger partial charge in [0.15, 0.2) is 5.65 Å². The molecular formula is C11H14N4O2.